The number of nitrogens with zero attached hydrogens (tertiary/aromatic N) is 2. The van der Waals surface area contributed by atoms with Crippen molar-refractivity contribution < 1.29 is 13.2 Å². The van der Waals surface area contributed by atoms with Gasteiger partial charge in [-0.3, -0.25) is 4.79 Å². The zero-order valence-electron chi connectivity index (χ0n) is 8.76. The van der Waals surface area contributed by atoms with Gasteiger partial charge in [0.05, 0.1) is 12.4 Å². The lowest BCUT2D eigenvalue weighted by Crippen LogP contribution is -2.26. The topological polar surface area (TPSA) is 115 Å². The van der Waals surface area contributed by atoms with Crippen LogP contribution >= 0.6 is 11.6 Å². The van der Waals surface area contributed by atoms with Crippen molar-refractivity contribution >= 4 is 27.5 Å². The van der Waals surface area contributed by atoms with Gasteiger partial charge in [0, 0.05) is 13.0 Å². The maximum absolute atomic E-state index is 11.6. The van der Waals surface area contributed by atoms with E-state index in [4.69, 9.17) is 17.3 Å². The average molecular weight is 279 g/mol. The summed E-state index contributed by atoms with van der Waals surface area (Å²) in [5.74, 6) is -0.473. The molecule has 1 heterocycles. The van der Waals surface area contributed by atoms with Crippen LogP contribution in [0.4, 0.5) is 0 Å². The van der Waals surface area contributed by atoms with Gasteiger partial charge in [-0.25, -0.2) is 23.1 Å². The molecule has 0 aromatic carbocycles. The number of primary amides is 1. The molecule has 0 spiro atoms. The standard InChI is InChI=1S/C8H11ClN4O3S/c9-8-11-4-6(5-12-8)17(15,16)13-3-1-2-7(10)14/h4-5,13H,1-3H2,(H2,10,14). The molecule has 0 aliphatic heterocycles. The molecule has 0 fully saturated rings. The van der Waals surface area contributed by atoms with Crippen LogP contribution in [0.3, 0.4) is 0 Å². The average Bonchev–Trinajstić information content (AvgIpc) is 2.25. The van der Waals surface area contributed by atoms with E-state index in [-0.39, 0.29) is 23.1 Å². The second-order valence-electron chi connectivity index (χ2n) is 3.16. The summed E-state index contributed by atoms with van der Waals surface area (Å²) < 4.78 is 25.6. The molecular formula is C8H11ClN4O3S. The third-order valence-electron chi connectivity index (χ3n) is 1.80. The van der Waals surface area contributed by atoms with Gasteiger partial charge in [0.2, 0.25) is 21.2 Å². The molecule has 94 valence electrons. The number of hydrogen-bond donors (Lipinski definition) is 2. The van der Waals surface area contributed by atoms with E-state index in [9.17, 15) is 13.2 Å². The van der Waals surface area contributed by atoms with Gasteiger partial charge in [0.1, 0.15) is 4.90 Å². The third-order valence-corrected chi connectivity index (χ3v) is 3.41. The van der Waals surface area contributed by atoms with Crippen molar-refractivity contribution in [1.29, 1.82) is 0 Å². The molecule has 1 aromatic heterocycles. The number of hydrogen-bond acceptors (Lipinski definition) is 5. The van der Waals surface area contributed by atoms with E-state index in [0.717, 1.165) is 12.4 Å². The van der Waals surface area contributed by atoms with Crippen molar-refractivity contribution in [3.63, 3.8) is 0 Å². The van der Waals surface area contributed by atoms with Crippen LogP contribution < -0.4 is 10.5 Å². The molecular weight excluding hydrogens is 268 g/mol. The summed E-state index contributed by atoms with van der Waals surface area (Å²) in [7, 11) is -3.66. The molecule has 0 aliphatic carbocycles. The summed E-state index contributed by atoms with van der Waals surface area (Å²) in [5.41, 5.74) is 4.92. The Hall–Kier alpha value is -1.25. The van der Waals surface area contributed by atoms with Crippen molar-refractivity contribution in [2.45, 2.75) is 17.7 Å². The van der Waals surface area contributed by atoms with Gasteiger partial charge in [-0.2, -0.15) is 0 Å². The summed E-state index contributed by atoms with van der Waals surface area (Å²) >= 11 is 5.43. The van der Waals surface area contributed by atoms with E-state index < -0.39 is 15.9 Å². The zero-order valence-corrected chi connectivity index (χ0v) is 10.3. The molecule has 9 heteroatoms. The maximum Gasteiger partial charge on any atom is 0.243 e. The van der Waals surface area contributed by atoms with Crippen LogP contribution in [0, 0.1) is 0 Å². The van der Waals surface area contributed by atoms with Gasteiger partial charge in [0.15, 0.2) is 0 Å². The molecule has 1 rings (SSSR count). The number of nitrogens with two attached hydrogens (primary N) is 1. The van der Waals surface area contributed by atoms with Crippen LogP contribution in [0.25, 0.3) is 0 Å². The van der Waals surface area contributed by atoms with Gasteiger partial charge in [-0.05, 0) is 18.0 Å². The molecule has 3 N–H and O–H groups in total. The number of sulfonamides is 1. The number of carbonyl (C=O) groups excluding carboxylic acids is 1. The van der Waals surface area contributed by atoms with Crippen molar-refractivity contribution in [3.8, 4) is 0 Å². The minimum Gasteiger partial charge on any atom is -0.370 e. The van der Waals surface area contributed by atoms with Crippen LogP contribution in [0.1, 0.15) is 12.8 Å². The first-order valence-electron chi connectivity index (χ1n) is 4.67. The SMILES string of the molecule is NC(=O)CCCNS(=O)(=O)c1cnc(Cl)nc1. The first kappa shape index (κ1) is 13.8. The Bertz CT molecular complexity index is 488. The highest BCUT2D eigenvalue weighted by Crippen LogP contribution is 2.07. The number of nitrogens with one attached hydrogen (secondary N) is 1. The van der Waals surface area contributed by atoms with Crippen molar-refractivity contribution in [3.05, 3.63) is 17.7 Å². The van der Waals surface area contributed by atoms with Crippen LogP contribution in [0.15, 0.2) is 17.3 Å². The van der Waals surface area contributed by atoms with E-state index >= 15 is 0 Å². The Morgan fingerprint density at radius 2 is 2.00 bits per heavy atom. The van der Waals surface area contributed by atoms with Crippen LogP contribution in [0.2, 0.25) is 5.28 Å². The van der Waals surface area contributed by atoms with Crippen molar-refractivity contribution in [2.75, 3.05) is 6.54 Å². The fraction of sp³-hybridized carbons (Fsp3) is 0.375. The summed E-state index contributed by atoms with van der Waals surface area (Å²) in [5, 5.41) is -0.0299. The molecule has 0 bridgehead atoms. The normalized spacial score (nSPS) is 11.4. The maximum atomic E-state index is 11.6. The second-order valence-corrected chi connectivity index (χ2v) is 5.26. The fourth-order valence-corrected chi connectivity index (χ4v) is 2.05. The molecule has 0 aliphatic rings. The molecule has 17 heavy (non-hydrogen) atoms. The molecule has 0 saturated carbocycles. The first-order valence-corrected chi connectivity index (χ1v) is 6.53. The molecule has 0 unspecified atom stereocenters. The van der Waals surface area contributed by atoms with Gasteiger partial charge in [0.25, 0.3) is 0 Å². The summed E-state index contributed by atoms with van der Waals surface area (Å²) in [6, 6.07) is 0. The Morgan fingerprint density at radius 3 is 2.53 bits per heavy atom. The quantitative estimate of drug-likeness (QED) is 0.546. The fourth-order valence-electron chi connectivity index (χ4n) is 0.992. The lowest BCUT2D eigenvalue weighted by Gasteiger charge is -2.04. The van der Waals surface area contributed by atoms with Gasteiger partial charge < -0.3 is 5.73 Å². The Morgan fingerprint density at radius 1 is 1.41 bits per heavy atom. The predicted molar refractivity (Wildman–Crippen MR) is 60.7 cm³/mol. The number of carbonyl (C=O) groups is 1. The predicted octanol–water partition coefficient (Wildman–Crippen LogP) is -0.326. The number of amides is 1. The Balaban J connectivity index is 2.57. The molecule has 0 atom stereocenters. The van der Waals surface area contributed by atoms with Gasteiger partial charge in [-0.15, -0.1) is 0 Å². The second kappa shape index (κ2) is 5.89. The highest BCUT2D eigenvalue weighted by Gasteiger charge is 2.14. The number of aromatic nitrogens is 2. The van der Waals surface area contributed by atoms with Crippen molar-refractivity contribution in [1.82, 2.24) is 14.7 Å². The molecule has 7 nitrogen and oxygen atoms in total. The molecule has 1 amide bonds. The molecule has 1 aromatic rings. The number of rotatable bonds is 6. The molecule has 0 saturated heterocycles. The lowest BCUT2D eigenvalue weighted by atomic mass is 10.3. The van der Waals surface area contributed by atoms with Gasteiger partial charge >= 0.3 is 0 Å². The van der Waals surface area contributed by atoms with E-state index in [1.165, 1.54) is 0 Å². The van der Waals surface area contributed by atoms with Crippen LogP contribution in [-0.4, -0.2) is 30.8 Å². The summed E-state index contributed by atoms with van der Waals surface area (Å²) in [6.07, 6.45) is 2.67. The minimum atomic E-state index is -3.66. The highest BCUT2D eigenvalue weighted by atomic mass is 35.5. The Kier molecular flexibility index (Phi) is 4.79. The highest BCUT2D eigenvalue weighted by molar-refractivity contribution is 7.89. The number of halogens is 1. The van der Waals surface area contributed by atoms with Gasteiger partial charge in [-0.1, -0.05) is 0 Å². The summed E-state index contributed by atoms with van der Waals surface area (Å²) in [6.45, 7) is 0.119. The smallest absolute Gasteiger partial charge is 0.243 e. The first-order chi connectivity index (χ1) is 7.92. The van der Waals surface area contributed by atoms with Crippen molar-refractivity contribution in [2.24, 2.45) is 5.73 Å². The lowest BCUT2D eigenvalue weighted by molar-refractivity contribution is -0.118. The largest absolute Gasteiger partial charge is 0.370 e. The van der Waals surface area contributed by atoms with E-state index in [0.29, 0.717) is 6.42 Å². The van der Waals surface area contributed by atoms with E-state index in [1.54, 1.807) is 0 Å². The van der Waals surface area contributed by atoms with Crippen LogP contribution in [0.5, 0.6) is 0 Å². The van der Waals surface area contributed by atoms with Crippen LogP contribution in [-0.2, 0) is 14.8 Å². The summed E-state index contributed by atoms with van der Waals surface area (Å²) in [4.78, 5) is 17.5. The van der Waals surface area contributed by atoms with E-state index in [2.05, 4.69) is 14.7 Å². The van der Waals surface area contributed by atoms with E-state index in [1.807, 2.05) is 0 Å². The minimum absolute atomic E-state index is 0.0299. The monoisotopic (exact) mass is 278 g/mol. The Labute approximate surface area is 103 Å². The zero-order chi connectivity index (χ0) is 12.9. The third kappa shape index (κ3) is 4.63. The molecule has 0 radical (unpaired) electrons.